The van der Waals surface area contributed by atoms with Crippen molar-refractivity contribution in [3.05, 3.63) is 64.2 Å². The van der Waals surface area contributed by atoms with E-state index in [1.165, 1.54) is 30.3 Å². The third kappa shape index (κ3) is 3.46. The number of hydrogen-bond donors (Lipinski definition) is 1. The zero-order valence-electron chi connectivity index (χ0n) is 10.7. The number of aliphatic hydroxyl groups is 1. The van der Waals surface area contributed by atoms with Gasteiger partial charge < -0.3 is 9.84 Å². The Morgan fingerprint density at radius 1 is 1.20 bits per heavy atom. The highest BCUT2D eigenvalue weighted by Gasteiger charge is 2.12. The quantitative estimate of drug-likeness (QED) is 0.914. The Balaban J connectivity index is 2.22. The summed E-state index contributed by atoms with van der Waals surface area (Å²) in [5.74, 6) is -0.764. The van der Waals surface area contributed by atoms with Crippen LogP contribution in [0.15, 0.2) is 36.4 Å². The van der Waals surface area contributed by atoms with Crippen molar-refractivity contribution in [3.63, 3.8) is 0 Å². The molecular formula is C15H13ClF2O2. The zero-order chi connectivity index (χ0) is 14.7. The average Bonchev–Trinajstić information content (AvgIpc) is 2.39. The van der Waals surface area contributed by atoms with Gasteiger partial charge in [-0.25, -0.2) is 8.78 Å². The summed E-state index contributed by atoms with van der Waals surface area (Å²) in [7, 11) is 0. The zero-order valence-corrected chi connectivity index (χ0v) is 11.5. The maximum absolute atomic E-state index is 13.5. The fourth-order valence-corrected chi connectivity index (χ4v) is 1.98. The second kappa shape index (κ2) is 6.20. The molecule has 0 bridgehead atoms. The van der Waals surface area contributed by atoms with Gasteiger partial charge in [0.25, 0.3) is 0 Å². The predicted octanol–water partition coefficient (Wildman–Crippen LogP) is 4.25. The Kier molecular flexibility index (Phi) is 4.57. The minimum atomic E-state index is -0.810. The molecule has 1 unspecified atom stereocenters. The Morgan fingerprint density at radius 3 is 2.65 bits per heavy atom. The van der Waals surface area contributed by atoms with Gasteiger partial charge in [0, 0.05) is 22.2 Å². The lowest BCUT2D eigenvalue weighted by molar-refractivity contribution is 0.189. The van der Waals surface area contributed by atoms with Crippen LogP contribution in [0.25, 0.3) is 0 Å². The lowest BCUT2D eigenvalue weighted by Gasteiger charge is -2.14. The van der Waals surface area contributed by atoms with Gasteiger partial charge >= 0.3 is 0 Å². The molecule has 0 heterocycles. The molecule has 2 rings (SSSR count). The van der Waals surface area contributed by atoms with Crippen molar-refractivity contribution in [2.75, 3.05) is 0 Å². The molecule has 2 nitrogen and oxygen atoms in total. The molecule has 0 saturated carbocycles. The lowest BCUT2D eigenvalue weighted by Crippen LogP contribution is -2.03. The summed E-state index contributed by atoms with van der Waals surface area (Å²) in [6, 6.07) is 7.94. The van der Waals surface area contributed by atoms with Gasteiger partial charge in [0.05, 0.1) is 6.10 Å². The molecule has 0 aliphatic heterocycles. The fourth-order valence-electron chi connectivity index (χ4n) is 1.79. The Bertz CT molecular complexity index is 615. The van der Waals surface area contributed by atoms with E-state index in [-0.39, 0.29) is 17.9 Å². The third-order valence-corrected chi connectivity index (χ3v) is 3.05. The summed E-state index contributed by atoms with van der Waals surface area (Å²) in [5, 5.41) is 9.98. The van der Waals surface area contributed by atoms with Crippen LogP contribution in [-0.2, 0) is 6.61 Å². The Morgan fingerprint density at radius 2 is 1.95 bits per heavy atom. The molecule has 5 heteroatoms. The van der Waals surface area contributed by atoms with Gasteiger partial charge in [-0.15, -0.1) is 0 Å². The molecule has 0 aromatic heterocycles. The first-order valence-electron chi connectivity index (χ1n) is 6.01. The number of halogens is 3. The molecule has 0 amide bonds. The van der Waals surface area contributed by atoms with Gasteiger partial charge in [-0.1, -0.05) is 11.6 Å². The topological polar surface area (TPSA) is 29.5 Å². The van der Waals surface area contributed by atoms with Crippen molar-refractivity contribution in [2.45, 2.75) is 19.6 Å². The van der Waals surface area contributed by atoms with E-state index in [0.29, 0.717) is 10.6 Å². The third-order valence-electron chi connectivity index (χ3n) is 2.82. The van der Waals surface area contributed by atoms with Crippen molar-refractivity contribution in [2.24, 2.45) is 0 Å². The largest absolute Gasteiger partial charge is 0.488 e. The van der Waals surface area contributed by atoms with E-state index in [4.69, 9.17) is 16.3 Å². The van der Waals surface area contributed by atoms with Crippen molar-refractivity contribution in [1.82, 2.24) is 0 Å². The molecule has 2 aromatic carbocycles. The van der Waals surface area contributed by atoms with E-state index in [9.17, 15) is 13.9 Å². The van der Waals surface area contributed by atoms with Crippen molar-refractivity contribution in [3.8, 4) is 5.75 Å². The monoisotopic (exact) mass is 298 g/mol. The summed E-state index contributed by atoms with van der Waals surface area (Å²) < 4.78 is 32.2. The second-order valence-corrected chi connectivity index (χ2v) is 4.82. The van der Waals surface area contributed by atoms with E-state index in [1.54, 1.807) is 6.92 Å². The van der Waals surface area contributed by atoms with Crippen LogP contribution in [-0.4, -0.2) is 5.11 Å². The fraction of sp³-hybridized carbons (Fsp3) is 0.200. The van der Waals surface area contributed by atoms with Crippen molar-refractivity contribution in [1.29, 1.82) is 0 Å². The van der Waals surface area contributed by atoms with E-state index >= 15 is 0 Å². The van der Waals surface area contributed by atoms with Gasteiger partial charge in [0.15, 0.2) is 0 Å². The molecule has 1 atom stereocenters. The van der Waals surface area contributed by atoms with Gasteiger partial charge in [-0.2, -0.15) is 0 Å². The van der Waals surface area contributed by atoms with E-state index < -0.39 is 17.7 Å². The summed E-state index contributed by atoms with van der Waals surface area (Å²) in [4.78, 5) is 0. The molecule has 0 radical (unpaired) electrons. The van der Waals surface area contributed by atoms with Gasteiger partial charge in [-0.3, -0.25) is 0 Å². The molecule has 0 aliphatic carbocycles. The van der Waals surface area contributed by atoms with Crippen LogP contribution in [0.3, 0.4) is 0 Å². The molecule has 1 N–H and O–H groups in total. The number of hydrogen-bond acceptors (Lipinski definition) is 2. The molecule has 106 valence electrons. The minimum absolute atomic E-state index is 0.102. The first-order chi connectivity index (χ1) is 9.47. The summed E-state index contributed by atoms with van der Waals surface area (Å²) >= 11 is 5.78. The van der Waals surface area contributed by atoms with Crippen LogP contribution in [0.5, 0.6) is 5.75 Å². The first-order valence-corrected chi connectivity index (χ1v) is 6.39. The smallest absolute Gasteiger partial charge is 0.129 e. The van der Waals surface area contributed by atoms with Crippen LogP contribution in [0.2, 0.25) is 5.02 Å². The lowest BCUT2D eigenvalue weighted by atomic mass is 10.1. The van der Waals surface area contributed by atoms with Crippen LogP contribution in [0.1, 0.15) is 24.2 Å². The first kappa shape index (κ1) is 14.8. The Hall–Kier alpha value is -1.65. The molecule has 20 heavy (non-hydrogen) atoms. The van der Waals surface area contributed by atoms with Gasteiger partial charge in [-0.05, 0) is 37.3 Å². The van der Waals surface area contributed by atoms with Crippen LogP contribution < -0.4 is 4.74 Å². The van der Waals surface area contributed by atoms with Crippen LogP contribution in [0, 0.1) is 11.6 Å². The highest BCUT2D eigenvalue weighted by Crippen LogP contribution is 2.27. The number of ether oxygens (including phenoxy) is 1. The molecule has 0 saturated heterocycles. The summed E-state index contributed by atoms with van der Waals surface area (Å²) in [5.41, 5.74) is 0.701. The van der Waals surface area contributed by atoms with Gasteiger partial charge in [0.2, 0.25) is 0 Å². The standard InChI is InChI=1S/C15H13ClF2O2/c1-9(19)13-4-3-12(17)7-15(13)20-8-10-6-11(16)2-5-14(10)18/h2-7,9,19H,8H2,1H3. The van der Waals surface area contributed by atoms with E-state index in [0.717, 1.165) is 6.07 Å². The average molecular weight is 299 g/mol. The Labute approximate surface area is 120 Å². The van der Waals surface area contributed by atoms with E-state index in [1.807, 2.05) is 0 Å². The van der Waals surface area contributed by atoms with Crippen molar-refractivity contribution < 1.29 is 18.6 Å². The van der Waals surface area contributed by atoms with Crippen LogP contribution >= 0.6 is 11.6 Å². The minimum Gasteiger partial charge on any atom is -0.488 e. The number of rotatable bonds is 4. The predicted molar refractivity (Wildman–Crippen MR) is 72.8 cm³/mol. The molecule has 0 spiro atoms. The maximum Gasteiger partial charge on any atom is 0.129 e. The van der Waals surface area contributed by atoms with E-state index in [2.05, 4.69) is 0 Å². The SMILES string of the molecule is CC(O)c1ccc(F)cc1OCc1cc(Cl)ccc1F. The highest BCUT2D eigenvalue weighted by molar-refractivity contribution is 6.30. The number of aliphatic hydroxyl groups excluding tert-OH is 1. The number of benzene rings is 2. The summed E-state index contributed by atoms with van der Waals surface area (Å²) in [6.45, 7) is 1.44. The molecule has 0 aliphatic rings. The molecule has 2 aromatic rings. The normalized spacial score (nSPS) is 12.2. The summed E-state index contributed by atoms with van der Waals surface area (Å²) in [6.07, 6.45) is -0.810. The maximum atomic E-state index is 13.5. The van der Waals surface area contributed by atoms with Crippen molar-refractivity contribution >= 4 is 11.6 Å². The molecule has 0 fully saturated rings. The molecular weight excluding hydrogens is 286 g/mol. The second-order valence-electron chi connectivity index (χ2n) is 4.38. The van der Waals surface area contributed by atoms with Crippen LogP contribution in [0.4, 0.5) is 8.78 Å². The highest BCUT2D eigenvalue weighted by atomic mass is 35.5. The van der Waals surface area contributed by atoms with Gasteiger partial charge in [0.1, 0.15) is 24.0 Å².